The largest absolute Gasteiger partial charge is 0.295 e. The average Bonchev–Trinajstić information content (AvgIpc) is 2.53. The highest BCUT2D eigenvalue weighted by Crippen LogP contribution is 2.39. The van der Waals surface area contributed by atoms with Gasteiger partial charge in [0.1, 0.15) is 18.0 Å². The van der Waals surface area contributed by atoms with E-state index in [1.165, 1.54) is 5.56 Å². The summed E-state index contributed by atoms with van der Waals surface area (Å²) in [6.45, 7) is 6.87. The van der Waals surface area contributed by atoms with Crippen LogP contribution in [0.1, 0.15) is 41.0 Å². The molecule has 0 radical (unpaired) electrons. The van der Waals surface area contributed by atoms with E-state index in [1.54, 1.807) is 13.8 Å². The highest BCUT2D eigenvalue weighted by Gasteiger charge is 2.39. The van der Waals surface area contributed by atoms with Crippen LogP contribution in [-0.2, 0) is 10.1 Å². The summed E-state index contributed by atoms with van der Waals surface area (Å²) >= 11 is 0. The first-order chi connectivity index (χ1) is 12.1. The zero-order valence-corrected chi connectivity index (χ0v) is 16.4. The van der Waals surface area contributed by atoms with Crippen LogP contribution in [0, 0.1) is 20.8 Å². The Morgan fingerprint density at radius 2 is 1.77 bits per heavy atom. The first-order valence-electron chi connectivity index (χ1n) is 8.93. The van der Waals surface area contributed by atoms with Gasteiger partial charge in [-0.05, 0) is 50.8 Å². The van der Waals surface area contributed by atoms with Gasteiger partial charge in [-0.1, -0.05) is 30.3 Å². The van der Waals surface area contributed by atoms with Gasteiger partial charge in [0.15, 0.2) is 5.69 Å². The molecule has 2 atom stereocenters. The first-order valence-corrected chi connectivity index (χ1v) is 10.4. The molecule has 1 aliphatic rings. The zero-order chi connectivity index (χ0) is 19.1. The number of quaternary nitrogens is 1. The van der Waals surface area contributed by atoms with Crippen LogP contribution in [0.3, 0.4) is 0 Å². The number of hydrogen-bond donors (Lipinski definition) is 2. The third-order valence-corrected chi connectivity index (χ3v) is 6.63. The highest BCUT2D eigenvalue weighted by molar-refractivity contribution is 7.86. The number of nitrogens with zero attached hydrogens (tertiary/aromatic N) is 1. The summed E-state index contributed by atoms with van der Waals surface area (Å²) in [5, 5.41) is 0. The molecule has 26 heavy (non-hydrogen) atoms. The Morgan fingerprint density at radius 1 is 1.12 bits per heavy atom. The summed E-state index contributed by atoms with van der Waals surface area (Å²) in [5.41, 5.74) is 4.14. The van der Waals surface area contributed by atoms with Crippen molar-refractivity contribution in [1.29, 1.82) is 0 Å². The van der Waals surface area contributed by atoms with Crippen molar-refractivity contribution in [2.45, 2.75) is 44.4 Å². The Bertz CT molecular complexity index is 926. The van der Waals surface area contributed by atoms with E-state index in [0.717, 1.165) is 30.6 Å². The molecule has 0 aromatic heterocycles. The molecule has 1 aliphatic heterocycles. The smallest absolute Gasteiger partial charge is 0.282 e. The molecule has 2 aromatic rings. The standard InChI is InChI=1S/C20H26N2O3S/c1-14-12-15(2)20(26(23,24)25)16(3)19(14)22(21)11-7-10-18(13-22)17-8-5-4-6-9-17/h4-6,8-9,12,18H,7,10-11,13,21H2,1-3H3/p+1. The van der Waals surface area contributed by atoms with Crippen LogP contribution in [0.25, 0.3) is 0 Å². The van der Waals surface area contributed by atoms with Gasteiger partial charge in [-0.3, -0.25) is 4.55 Å². The minimum atomic E-state index is -4.30. The van der Waals surface area contributed by atoms with Crippen molar-refractivity contribution >= 4 is 15.8 Å². The summed E-state index contributed by atoms with van der Waals surface area (Å²) in [7, 11) is -4.30. The topological polar surface area (TPSA) is 80.4 Å². The molecule has 1 fully saturated rings. The molecule has 6 heteroatoms. The summed E-state index contributed by atoms with van der Waals surface area (Å²) < 4.78 is 33.7. The second kappa shape index (κ2) is 6.78. The molecule has 2 aromatic carbocycles. The fourth-order valence-electron chi connectivity index (χ4n) is 4.64. The lowest BCUT2D eigenvalue weighted by Crippen LogP contribution is -2.61. The number of aryl methyl sites for hydroxylation is 2. The van der Waals surface area contributed by atoms with Gasteiger partial charge < -0.3 is 0 Å². The third-order valence-electron chi connectivity index (χ3n) is 5.49. The Kier molecular flexibility index (Phi) is 4.96. The number of rotatable bonds is 3. The molecule has 140 valence electrons. The molecule has 3 N–H and O–H groups in total. The Hall–Kier alpha value is -1.73. The van der Waals surface area contributed by atoms with Crippen LogP contribution in [0.4, 0.5) is 5.69 Å². The van der Waals surface area contributed by atoms with E-state index in [1.807, 2.05) is 31.2 Å². The van der Waals surface area contributed by atoms with E-state index < -0.39 is 10.1 Å². The number of nitrogens with two attached hydrogens (primary N) is 1. The minimum Gasteiger partial charge on any atom is -0.282 e. The highest BCUT2D eigenvalue weighted by atomic mass is 32.2. The molecular weight excluding hydrogens is 348 g/mol. The predicted molar refractivity (Wildman–Crippen MR) is 105 cm³/mol. The maximum absolute atomic E-state index is 11.9. The van der Waals surface area contributed by atoms with E-state index in [4.69, 9.17) is 5.84 Å². The maximum Gasteiger partial charge on any atom is 0.295 e. The van der Waals surface area contributed by atoms with Crippen LogP contribution >= 0.6 is 0 Å². The lowest BCUT2D eigenvalue weighted by Gasteiger charge is -2.41. The Morgan fingerprint density at radius 3 is 2.38 bits per heavy atom. The van der Waals surface area contributed by atoms with Crippen molar-refractivity contribution in [1.82, 2.24) is 4.59 Å². The molecule has 0 aliphatic carbocycles. The van der Waals surface area contributed by atoms with Crippen LogP contribution in [0.15, 0.2) is 41.3 Å². The Labute approximate surface area is 155 Å². The average molecular weight is 376 g/mol. The summed E-state index contributed by atoms with van der Waals surface area (Å²) in [4.78, 5) is -0.0112. The lowest BCUT2D eigenvalue weighted by atomic mass is 9.89. The van der Waals surface area contributed by atoms with Gasteiger partial charge in [0.25, 0.3) is 10.1 Å². The summed E-state index contributed by atoms with van der Waals surface area (Å²) in [6.07, 6.45) is 2.03. The number of benzene rings is 2. The molecule has 2 unspecified atom stereocenters. The van der Waals surface area contributed by atoms with Crippen LogP contribution in [0.5, 0.6) is 0 Å². The van der Waals surface area contributed by atoms with Crippen molar-refractivity contribution < 1.29 is 13.0 Å². The second-order valence-corrected chi connectivity index (χ2v) is 8.84. The van der Waals surface area contributed by atoms with Crippen molar-refractivity contribution in [2.75, 3.05) is 13.1 Å². The SMILES string of the molecule is Cc1cc(C)c(S(=O)(=O)O)c(C)c1[N+]1(N)CCCC(c2ccccc2)C1. The van der Waals surface area contributed by atoms with Crippen LogP contribution in [-0.4, -0.2) is 26.1 Å². The van der Waals surface area contributed by atoms with Crippen molar-refractivity contribution in [2.24, 2.45) is 5.84 Å². The van der Waals surface area contributed by atoms with Gasteiger partial charge in [-0.2, -0.15) is 14.3 Å². The molecule has 5 nitrogen and oxygen atoms in total. The zero-order valence-electron chi connectivity index (χ0n) is 15.6. The monoisotopic (exact) mass is 375 g/mol. The van der Waals surface area contributed by atoms with Crippen molar-refractivity contribution in [3.8, 4) is 0 Å². The maximum atomic E-state index is 11.9. The van der Waals surface area contributed by atoms with Gasteiger partial charge >= 0.3 is 0 Å². The number of hydrogen-bond acceptors (Lipinski definition) is 3. The van der Waals surface area contributed by atoms with E-state index in [0.29, 0.717) is 23.6 Å². The molecule has 1 heterocycles. The van der Waals surface area contributed by atoms with E-state index in [2.05, 4.69) is 12.1 Å². The van der Waals surface area contributed by atoms with E-state index in [9.17, 15) is 13.0 Å². The predicted octanol–water partition coefficient (Wildman–Crippen LogP) is 3.62. The molecule has 0 saturated carbocycles. The molecule has 0 spiro atoms. The first kappa shape index (κ1) is 19.0. The second-order valence-electron chi connectivity index (χ2n) is 7.48. The summed E-state index contributed by atoms with van der Waals surface area (Å²) in [6, 6.07) is 12.1. The van der Waals surface area contributed by atoms with Gasteiger partial charge in [0, 0.05) is 17.0 Å². The van der Waals surface area contributed by atoms with Crippen LogP contribution < -0.4 is 10.4 Å². The fraction of sp³-hybridized carbons (Fsp3) is 0.400. The number of piperidine rings is 1. The van der Waals surface area contributed by atoms with Gasteiger partial charge in [0.2, 0.25) is 0 Å². The third kappa shape index (κ3) is 3.42. The molecule has 0 bridgehead atoms. The van der Waals surface area contributed by atoms with Crippen LogP contribution in [0.2, 0.25) is 0 Å². The fourth-order valence-corrected chi connectivity index (χ4v) is 5.59. The van der Waals surface area contributed by atoms with Gasteiger partial charge in [0.05, 0.1) is 0 Å². The summed E-state index contributed by atoms with van der Waals surface area (Å²) in [5.74, 6) is 7.16. The van der Waals surface area contributed by atoms with E-state index in [-0.39, 0.29) is 9.49 Å². The molecular formula is C20H27N2O3S+. The lowest BCUT2D eigenvalue weighted by molar-refractivity contribution is 0.211. The quantitative estimate of drug-likeness (QED) is 0.488. The van der Waals surface area contributed by atoms with E-state index >= 15 is 0 Å². The normalized spacial score (nSPS) is 23.8. The molecule has 3 rings (SSSR count). The Balaban J connectivity index is 2.10. The van der Waals surface area contributed by atoms with Gasteiger partial charge in [-0.15, -0.1) is 0 Å². The molecule has 1 saturated heterocycles. The van der Waals surface area contributed by atoms with Crippen molar-refractivity contribution in [3.05, 3.63) is 58.7 Å². The molecule has 0 amide bonds. The van der Waals surface area contributed by atoms with Crippen molar-refractivity contribution in [3.63, 3.8) is 0 Å². The minimum absolute atomic E-state index is 0.0112. The van der Waals surface area contributed by atoms with Gasteiger partial charge in [-0.25, -0.2) is 4.59 Å².